The maximum absolute atomic E-state index is 5.26. The third kappa shape index (κ3) is 0.800. The van der Waals surface area contributed by atoms with Gasteiger partial charge in [0.2, 0.25) is 0 Å². The van der Waals surface area contributed by atoms with Crippen molar-refractivity contribution in [2.75, 3.05) is 0 Å². The Bertz CT molecular complexity index is 140. The summed E-state index contributed by atoms with van der Waals surface area (Å²) < 4.78 is 3.71. The number of rotatable bonds is 0. The van der Waals surface area contributed by atoms with Crippen LogP contribution in [0.2, 0.25) is 0 Å². The fraction of sp³-hybridized carbons (Fsp3) is 0. The highest BCUT2D eigenvalue weighted by Crippen LogP contribution is 2.04. The van der Waals surface area contributed by atoms with Crippen molar-refractivity contribution in [3.8, 4) is 0 Å². The van der Waals surface area contributed by atoms with Crippen molar-refractivity contribution in [1.29, 1.82) is 0 Å². The van der Waals surface area contributed by atoms with Crippen LogP contribution in [0.5, 0.6) is 0 Å². The Labute approximate surface area is 47.2 Å². The van der Waals surface area contributed by atoms with Crippen LogP contribution in [0.3, 0.4) is 0 Å². The summed E-state index contributed by atoms with van der Waals surface area (Å²) in [6, 6.07) is 0. The number of hydrogen-bond acceptors (Lipinski definition) is 2. The molecule has 0 saturated heterocycles. The Morgan fingerprint density at radius 1 is 1.57 bits per heavy atom. The molecular formula is C5H3NS. The zero-order valence-electron chi connectivity index (χ0n) is 3.59. The molecule has 0 N–H and O–H groups in total. The van der Waals surface area contributed by atoms with Crippen LogP contribution in [0.25, 0.3) is 0 Å². The quantitative estimate of drug-likeness (QED) is 0.488. The van der Waals surface area contributed by atoms with E-state index < -0.39 is 0 Å². The summed E-state index contributed by atoms with van der Waals surface area (Å²) in [6.45, 7) is 10.5. The van der Waals surface area contributed by atoms with Gasteiger partial charge in [-0.3, -0.25) is 0 Å². The zero-order chi connectivity index (χ0) is 5.28. The second kappa shape index (κ2) is 1.62. The third-order valence-electron chi connectivity index (χ3n) is 0.626. The van der Waals surface area contributed by atoms with Crippen LogP contribution in [-0.2, 0) is 0 Å². The smallest absolute Gasteiger partial charge is 0.0622 e. The summed E-state index contributed by atoms with van der Waals surface area (Å²) in [5.74, 6) is 0. The lowest BCUT2D eigenvalue weighted by molar-refractivity contribution is 1.43. The molecule has 0 saturated carbocycles. The number of aromatic nitrogens is 1. The van der Waals surface area contributed by atoms with Crippen LogP contribution in [0.15, 0.2) is 5.38 Å². The molecule has 34 valence electrons. The van der Waals surface area contributed by atoms with Crippen LogP contribution in [0.1, 0.15) is 11.3 Å². The average Bonchev–Trinajstić information content (AvgIpc) is 1.91. The molecule has 7 heavy (non-hydrogen) atoms. The molecule has 0 aliphatic rings. The van der Waals surface area contributed by atoms with Crippen LogP contribution in [0, 0.1) is 13.8 Å². The van der Waals surface area contributed by atoms with E-state index in [-0.39, 0.29) is 0 Å². The lowest BCUT2D eigenvalue weighted by atomic mass is 10.3. The summed E-state index contributed by atoms with van der Waals surface area (Å²) in [7, 11) is 0. The lowest BCUT2D eigenvalue weighted by Crippen LogP contribution is -1.68. The molecule has 0 fully saturated rings. The molecule has 1 nitrogen and oxygen atoms in total. The molecule has 0 aliphatic carbocycles. The van der Waals surface area contributed by atoms with Crippen LogP contribution < -0.4 is 0 Å². The molecule has 0 aromatic carbocycles. The minimum absolute atomic E-state index is 0.435. The van der Waals surface area contributed by atoms with Crippen LogP contribution >= 0.6 is 11.5 Å². The first-order valence-corrected chi connectivity index (χ1v) is 2.59. The molecule has 0 spiro atoms. The van der Waals surface area contributed by atoms with Crippen LogP contribution in [-0.4, -0.2) is 4.37 Å². The van der Waals surface area contributed by atoms with E-state index in [0.29, 0.717) is 11.3 Å². The van der Waals surface area contributed by atoms with E-state index >= 15 is 0 Å². The van der Waals surface area contributed by atoms with Crippen molar-refractivity contribution in [2.45, 2.75) is 0 Å². The molecule has 1 heterocycles. The van der Waals surface area contributed by atoms with Gasteiger partial charge in [-0.1, -0.05) is 0 Å². The molecule has 4 radical (unpaired) electrons. The van der Waals surface area contributed by atoms with Crippen molar-refractivity contribution < 1.29 is 0 Å². The molecule has 1 aromatic heterocycles. The van der Waals surface area contributed by atoms with Crippen molar-refractivity contribution in [1.82, 2.24) is 4.37 Å². The van der Waals surface area contributed by atoms with Crippen LogP contribution in [0.4, 0.5) is 0 Å². The summed E-state index contributed by atoms with van der Waals surface area (Å²) >= 11 is 1.27. The van der Waals surface area contributed by atoms with Gasteiger partial charge in [0.05, 0.1) is 5.69 Å². The van der Waals surface area contributed by atoms with Gasteiger partial charge >= 0.3 is 0 Å². The maximum atomic E-state index is 5.26. The van der Waals surface area contributed by atoms with E-state index in [0.717, 1.165) is 0 Å². The van der Waals surface area contributed by atoms with E-state index in [9.17, 15) is 0 Å². The molecule has 0 amide bonds. The predicted molar refractivity (Wildman–Crippen MR) is 28.9 cm³/mol. The van der Waals surface area contributed by atoms with E-state index in [4.69, 9.17) is 13.8 Å². The van der Waals surface area contributed by atoms with E-state index in [1.807, 2.05) is 0 Å². The Kier molecular flexibility index (Phi) is 1.11. The Balaban J connectivity index is 3.12. The summed E-state index contributed by atoms with van der Waals surface area (Å²) in [6.07, 6.45) is 0. The topological polar surface area (TPSA) is 12.9 Å². The van der Waals surface area contributed by atoms with Gasteiger partial charge in [0.25, 0.3) is 0 Å². The monoisotopic (exact) mass is 109 g/mol. The van der Waals surface area contributed by atoms with Gasteiger partial charge in [0.15, 0.2) is 0 Å². The number of hydrogen-bond donors (Lipinski definition) is 0. The van der Waals surface area contributed by atoms with Gasteiger partial charge in [-0.2, -0.15) is 4.37 Å². The molecular weight excluding hydrogens is 106 g/mol. The minimum Gasteiger partial charge on any atom is -0.197 e. The fourth-order valence-corrected chi connectivity index (χ4v) is 0.759. The molecule has 0 atom stereocenters. The van der Waals surface area contributed by atoms with Crippen molar-refractivity contribution in [2.24, 2.45) is 0 Å². The van der Waals surface area contributed by atoms with Gasteiger partial charge < -0.3 is 0 Å². The lowest BCUT2D eigenvalue weighted by Gasteiger charge is -1.76. The average molecular weight is 109 g/mol. The second-order valence-corrected chi connectivity index (χ2v) is 1.78. The van der Waals surface area contributed by atoms with E-state index in [2.05, 4.69) is 4.37 Å². The first-order valence-electron chi connectivity index (χ1n) is 1.76. The van der Waals surface area contributed by atoms with Gasteiger partial charge in [0, 0.05) is 19.2 Å². The van der Waals surface area contributed by atoms with Crippen molar-refractivity contribution >= 4 is 11.5 Å². The van der Waals surface area contributed by atoms with Gasteiger partial charge in [-0.25, -0.2) is 0 Å². The van der Waals surface area contributed by atoms with Gasteiger partial charge in [-0.15, -0.1) is 0 Å². The highest BCUT2D eigenvalue weighted by molar-refractivity contribution is 7.03. The standard InChI is InChI=1S/C5H3NS/c1-4-3-7-6-5(4)2/h1-3H. The van der Waals surface area contributed by atoms with Crippen molar-refractivity contribution in [3.05, 3.63) is 30.5 Å². The second-order valence-electron chi connectivity index (χ2n) is 1.16. The molecule has 0 bridgehead atoms. The third-order valence-corrected chi connectivity index (χ3v) is 1.29. The zero-order valence-corrected chi connectivity index (χ0v) is 4.40. The SMILES string of the molecule is [CH]c1csnc1[CH]. The maximum Gasteiger partial charge on any atom is 0.0622 e. The van der Waals surface area contributed by atoms with Gasteiger partial charge in [-0.05, 0) is 17.1 Å². The fourth-order valence-electron chi connectivity index (χ4n) is 0.253. The first kappa shape index (κ1) is 4.78. The Hall–Kier alpha value is -0.370. The Morgan fingerprint density at radius 2 is 2.29 bits per heavy atom. The highest BCUT2D eigenvalue weighted by atomic mass is 32.1. The van der Waals surface area contributed by atoms with Crippen molar-refractivity contribution in [3.63, 3.8) is 0 Å². The first-order chi connectivity index (χ1) is 3.30. The summed E-state index contributed by atoms with van der Waals surface area (Å²) in [5.41, 5.74) is 1.01. The predicted octanol–water partition coefficient (Wildman–Crippen LogP) is 1.26. The highest BCUT2D eigenvalue weighted by Gasteiger charge is 1.90. The van der Waals surface area contributed by atoms with E-state index in [1.54, 1.807) is 5.38 Å². The number of nitrogens with zero attached hydrogens (tertiary/aromatic N) is 1. The molecule has 0 aliphatic heterocycles. The summed E-state index contributed by atoms with van der Waals surface area (Å²) in [4.78, 5) is 0. The molecule has 1 aromatic rings. The molecule has 0 unspecified atom stereocenters. The normalized spacial score (nSPS) is 9.43. The molecule has 1 rings (SSSR count). The molecule has 2 heteroatoms. The largest absolute Gasteiger partial charge is 0.197 e. The van der Waals surface area contributed by atoms with E-state index in [1.165, 1.54) is 11.5 Å². The Morgan fingerprint density at radius 3 is 2.43 bits per heavy atom. The minimum atomic E-state index is 0.435. The summed E-state index contributed by atoms with van der Waals surface area (Å²) in [5, 5.41) is 1.70. The van der Waals surface area contributed by atoms with Gasteiger partial charge in [0.1, 0.15) is 0 Å².